The van der Waals surface area contributed by atoms with Crippen LogP contribution in [0.4, 0.5) is 0 Å². The topological polar surface area (TPSA) is 75.0 Å². The predicted molar refractivity (Wildman–Crippen MR) is 117 cm³/mol. The summed E-state index contributed by atoms with van der Waals surface area (Å²) in [5.74, 6) is 0.0410. The standard InChI is InChI=1S/C22H16Cl3N3O2/c1-2-30-20-8-4-14(9-15(20)11-26)22(29)28-21(19-7-5-16(23)12-27-19)13-3-6-17(24)18(25)10-13/h3-10,12,21H,2H2,1H3,(H,28,29). The molecule has 0 spiro atoms. The van der Waals surface area contributed by atoms with Crippen LogP contribution in [0.1, 0.15) is 40.1 Å². The van der Waals surface area contributed by atoms with Crippen LogP contribution in [0, 0.1) is 11.3 Å². The van der Waals surface area contributed by atoms with Gasteiger partial charge in [-0.25, -0.2) is 0 Å². The Hall–Kier alpha value is -2.78. The van der Waals surface area contributed by atoms with E-state index in [-0.39, 0.29) is 11.5 Å². The van der Waals surface area contributed by atoms with E-state index in [1.165, 1.54) is 12.3 Å². The van der Waals surface area contributed by atoms with Crippen LogP contribution in [0.25, 0.3) is 0 Å². The van der Waals surface area contributed by atoms with E-state index < -0.39 is 6.04 Å². The molecule has 0 aliphatic heterocycles. The molecule has 0 saturated heterocycles. The van der Waals surface area contributed by atoms with Crippen LogP contribution < -0.4 is 10.1 Å². The van der Waals surface area contributed by atoms with Crippen molar-refractivity contribution in [1.29, 1.82) is 5.26 Å². The Labute approximate surface area is 189 Å². The third-order valence-corrected chi connectivity index (χ3v) is 5.22. The summed E-state index contributed by atoms with van der Waals surface area (Å²) in [6, 6.07) is 14.6. The fourth-order valence-corrected chi connectivity index (χ4v) is 3.25. The summed E-state index contributed by atoms with van der Waals surface area (Å²) in [6.45, 7) is 2.24. The molecule has 3 rings (SSSR count). The van der Waals surface area contributed by atoms with E-state index in [4.69, 9.17) is 39.5 Å². The summed E-state index contributed by atoms with van der Waals surface area (Å²) in [7, 11) is 0. The van der Waals surface area contributed by atoms with E-state index in [1.54, 1.807) is 42.5 Å². The number of carbonyl (C=O) groups is 1. The van der Waals surface area contributed by atoms with Crippen LogP contribution in [0.2, 0.25) is 15.1 Å². The SMILES string of the molecule is CCOc1ccc(C(=O)NC(c2ccc(Cl)c(Cl)c2)c2ccc(Cl)cn2)cc1C#N. The second kappa shape index (κ2) is 9.82. The number of nitrogens with zero attached hydrogens (tertiary/aromatic N) is 2. The maximum Gasteiger partial charge on any atom is 0.252 e. The van der Waals surface area contributed by atoms with Gasteiger partial charge in [-0.15, -0.1) is 0 Å². The summed E-state index contributed by atoms with van der Waals surface area (Å²) in [5, 5.41) is 13.5. The summed E-state index contributed by atoms with van der Waals surface area (Å²) in [6.07, 6.45) is 1.50. The molecule has 1 amide bonds. The molecule has 0 radical (unpaired) electrons. The third-order valence-electron chi connectivity index (χ3n) is 4.26. The van der Waals surface area contributed by atoms with E-state index in [1.807, 2.05) is 13.0 Å². The third kappa shape index (κ3) is 5.03. The zero-order valence-electron chi connectivity index (χ0n) is 15.8. The van der Waals surface area contributed by atoms with Gasteiger partial charge in [0.1, 0.15) is 11.8 Å². The Morgan fingerprint density at radius 2 is 1.93 bits per heavy atom. The van der Waals surface area contributed by atoms with Crippen LogP contribution in [0.15, 0.2) is 54.7 Å². The highest BCUT2D eigenvalue weighted by Crippen LogP contribution is 2.29. The van der Waals surface area contributed by atoms with Crippen molar-refractivity contribution in [3.8, 4) is 11.8 Å². The first-order chi connectivity index (χ1) is 14.4. The Morgan fingerprint density at radius 1 is 1.13 bits per heavy atom. The molecule has 0 fully saturated rings. The van der Waals surface area contributed by atoms with E-state index in [0.717, 1.165) is 0 Å². The molecule has 0 bridgehead atoms. The van der Waals surface area contributed by atoms with Crippen LogP contribution >= 0.6 is 34.8 Å². The first-order valence-electron chi connectivity index (χ1n) is 8.97. The Balaban J connectivity index is 1.96. The summed E-state index contributed by atoms with van der Waals surface area (Å²) >= 11 is 18.2. The van der Waals surface area contributed by atoms with Crippen molar-refractivity contribution < 1.29 is 9.53 Å². The number of nitrogens with one attached hydrogen (secondary N) is 1. The highest BCUT2D eigenvalue weighted by atomic mass is 35.5. The summed E-state index contributed by atoms with van der Waals surface area (Å²) < 4.78 is 5.41. The van der Waals surface area contributed by atoms with Crippen molar-refractivity contribution >= 4 is 40.7 Å². The molecule has 2 aromatic carbocycles. The van der Waals surface area contributed by atoms with Crippen LogP contribution in [0.5, 0.6) is 5.75 Å². The van der Waals surface area contributed by atoms with Crippen molar-refractivity contribution in [1.82, 2.24) is 10.3 Å². The molecular formula is C22H16Cl3N3O2. The highest BCUT2D eigenvalue weighted by molar-refractivity contribution is 6.42. The van der Waals surface area contributed by atoms with Gasteiger partial charge in [0.25, 0.3) is 5.91 Å². The molecule has 1 N–H and O–H groups in total. The number of pyridine rings is 1. The van der Waals surface area contributed by atoms with Gasteiger partial charge in [0.15, 0.2) is 0 Å². The van der Waals surface area contributed by atoms with Crippen molar-refractivity contribution in [3.05, 3.63) is 92.2 Å². The second-order valence-electron chi connectivity index (χ2n) is 6.24. The lowest BCUT2D eigenvalue weighted by Gasteiger charge is -2.20. The fourth-order valence-electron chi connectivity index (χ4n) is 2.83. The van der Waals surface area contributed by atoms with Gasteiger partial charge in [-0.3, -0.25) is 9.78 Å². The zero-order chi connectivity index (χ0) is 21.7. The molecule has 1 atom stereocenters. The van der Waals surface area contributed by atoms with Gasteiger partial charge in [0.2, 0.25) is 0 Å². The van der Waals surface area contributed by atoms with E-state index in [9.17, 15) is 10.1 Å². The van der Waals surface area contributed by atoms with Gasteiger partial charge in [-0.1, -0.05) is 40.9 Å². The van der Waals surface area contributed by atoms with E-state index in [0.29, 0.717) is 44.2 Å². The van der Waals surface area contributed by atoms with Crippen LogP contribution in [-0.2, 0) is 0 Å². The fraction of sp³-hybridized carbons (Fsp3) is 0.136. The lowest BCUT2D eigenvalue weighted by atomic mass is 10.0. The normalized spacial score (nSPS) is 11.4. The molecule has 3 aromatic rings. The van der Waals surface area contributed by atoms with Crippen molar-refractivity contribution in [2.45, 2.75) is 13.0 Å². The van der Waals surface area contributed by atoms with Crippen LogP contribution in [0.3, 0.4) is 0 Å². The minimum atomic E-state index is -0.610. The Morgan fingerprint density at radius 3 is 2.57 bits per heavy atom. The molecule has 1 aromatic heterocycles. The minimum absolute atomic E-state index is 0.278. The molecular weight excluding hydrogens is 445 g/mol. The zero-order valence-corrected chi connectivity index (χ0v) is 18.1. The van der Waals surface area contributed by atoms with Crippen molar-refractivity contribution in [3.63, 3.8) is 0 Å². The molecule has 0 saturated carbocycles. The number of hydrogen-bond acceptors (Lipinski definition) is 4. The number of aromatic nitrogens is 1. The number of rotatable bonds is 6. The molecule has 152 valence electrons. The van der Waals surface area contributed by atoms with Crippen molar-refractivity contribution in [2.24, 2.45) is 0 Å². The monoisotopic (exact) mass is 459 g/mol. The van der Waals surface area contributed by atoms with Gasteiger partial charge in [-0.2, -0.15) is 5.26 Å². The number of amides is 1. The number of ether oxygens (including phenoxy) is 1. The maximum atomic E-state index is 13.0. The second-order valence-corrected chi connectivity index (χ2v) is 7.49. The van der Waals surface area contributed by atoms with E-state index in [2.05, 4.69) is 10.3 Å². The lowest BCUT2D eigenvalue weighted by Crippen LogP contribution is -2.30. The lowest BCUT2D eigenvalue weighted by molar-refractivity contribution is 0.0942. The average molecular weight is 461 g/mol. The molecule has 1 unspecified atom stereocenters. The van der Waals surface area contributed by atoms with Crippen LogP contribution in [-0.4, -0.2) is 17.5 Å². The summed E-state index contributed by atoms with van der Waals surface area (Å²) in [4.78, 5) is 17.3. The molecule has 1 heterocycles. The summed E-state index contributed by atoms with van der Waals surface area (Å²) in [5.41, 5.74) is 1.85. The Kier molecular flexibility index (Phi) is 7.17. The number of carbonyl (C=O) groups excluding carboxylic acids is 1. The Bertz CT molecular complexity index is 1110. The maximum absolute atomic E-state index is 13.0. The molecule has 30 heavy (non-hydrogen) atoms. The molecule has 0 aliphatic rings. The number of nitriles is 1. The largest absolute Gasteiger partial charge is 0.492 e. The van der Waals surface area contributed by atoms with Gasteiger partial charge >= 0.3 is 0 Å². The number of hydrogen-bond donors (Lipinski definition) is 1. The van der Waals surface area contributed by atoms with Gasteiger partial charge < -0.3 is 10.1 Å². The van der Waals surface area contributed by atoms with Gasteiger partial charge in [0.05, 0.1) is 39.0 Å². The predicted octanol–water partition coefficient (Wildman–Crippen LogP) is 5.83. The smallest absolute Gasteiger partial charge is 0.252 e. The number of halogens is 3. The average Bonchev–Trinajstić information content (AvgIpc) is 2.75. The van der Waals surface area contributed by atoms with Gasteiger partial charge in [-0.05, 0) is 55.0 Å². The number of benzene rings is 2. The molecule has 5 nitrogen and oxygen atoms in total. The quantitative estimate of drug-likeness (QED) is 0.502. The van der Waals surface area contributed by atoms with Gasteiger partial charge in [0, 0.05) is 11.8 Å². The first kappa shape index (κ1) is 21.9. The first-order valence-corrected chi connectivity index (χ1v) is 10.1. The molecule has 0 aliphatic carbocycles. The molecule has 8 heteroatoms. The van der Waals surface area contributed by atoms with E-state index >= 15 is 0 Å². The van der Waals surface area contributed by atoms with Crippen molar-refractivity contribution in [2.75, 3.05) is 6.61 Å². The minimum Gasteiger partial charge on any atom is -0.492 e. The highest BCUT2D eigenvalue weighted by Gasteiger charge is 2.21.